The van der Waals surface area contributed by atoms with E-state index in [0.29, 0.717) is 0 Å². The zero-order chi connectivity index (χ0) is 24.6. The molecule has 0 unspecified atom stereocenters. The number of imidazole rings is 1. The third kappa shape index (κ3) is 6.59. The Balaban J connectivity index is 1.58. The Kier molecular flexibility index (Phi) is 7.98. The molecule has 0 bridgehead atoms. The van der Waals surface area contributed by atoms with E-state index in [1.54, 1.807) is 0 Å². The van der Waals surface area contributed by atoms with Crippen LogP contribution in [0.3, 0.4) is 0 Å². The molecule has 3 aromatic rings. The van der Waals surface area contributed by atoms with E-state index in [2.05, 4.69) is 75.5 Å². The molecule has 1 aliphatic rings. The second-order valence-electron chi connectivity index (χ2n) is 9.22. The number of hydrogen-bond donors (Lipinski definition) is 0. The zero-order valence-corrected chi connectivity index (χ0v) is 21.2. The molecule has 4 rings (SSSR count). The molecule has 7 nitrogen and oxygen atoms in total. The summed E-state index contributed by atoms with van der Waals surface area (Å²) in [5.74, 6) is 0.887. The molecule has 0 atom stereocenters. The third-order valence-electron chi connectivity index (χ3n) is 6.12. The van der Waals surface area contributed by atoms with E-state index in [1.165, 1.54) is 30.6 Å². The topological polar surface area (TPSA) is 43.2 Å². The highest BCUT2D eigenvalue weighted by atomic mass is 15.5. The Hall–Kier alpha value is -3.87. The molecule has 7 heteroatoms. The molecule has 35 heavy (non-hydrogen) atoms. The van der Waals surface area contributed by atoms with Crippen LogP contribution in [0.2, 0.25) is 0 Å². The summed E-state index contributed by atoms with van der Waals surface area (Å²) in [5, 5.41) is 9.46. The first kappa shape index (κ1) is 24.3. The minimum atomic E-state index is 0.887. The fourth-order valence-corrected chi connectivity index (χ4v) is 3.95. The highest BCUT2D eigenvalue weighted by Crippen LogP contribution is 2.13. The third-order valence-corrected chi connectivity index (χ3v) is 6.12. The van der Waals surface area contributed by atoms with Crippen molar-refractivity contribution in [3.05, 3.63) is 84.1 Å². The van der Waals surface area contributed by atoms with Gasteiger partial charge in [-0.2, -0.15) is 0 Å². The van der Waals surface area contributed by atoms with Gasteiger partial charge < -0.3 is 14.7 Å². The van der Waals surface area contributed by atoms with Gasteiger partial charge in [-0.05, 0) is 54.7 Å². The van der Waals surface area contributed by atoms with Crippen molar-refractivity contribution >= 4 is 29.9 Å². The predicted molar refractivity (Wildman–Crippen MR) is 147 cm³/mol. The average molecular weight is 471 g/mol. The first-order valence-electron chi connectivity index (χ1n) is 12.2. The van der Waals surface area contributed by atoms with Gasteiger partial charge in [-0.25, -0.2) is 0 Å². The van der Waals surface area contributed by atoms with Gasteiger partial charge in [0.2, 0.25) is 0 Å². The van der Waals surface area contributed by atoms with Gasteiger partial charge in [-0.1, -0.05) is 43.8 Å². The lowest BCUT2D eigenvalue weighted by atomic mass is 10.1. The predicted octanol–water partition coefficient (Wildman–Crippen LogP) is 4.13. The van der Waals surface area contributed by atoms with E-state index in [9.17, 15) is 0 Å². The quantitative estimate of drug-likeness (QED) is 0.367. The van der Waals surface area contributed by atoms with E-state index in [0.717, 1.165) is 30.0 Å². The summed E-state index contributed by atoms with van der Waals surface area (Å²) in [4.78, 5) is 6.55. The molecule has 0 aliphatic carbocycles. The Morgan fingerprint density at radius 2 is 1.34 bits per heavy atom. The van der Waals surface area contributed by atoms with E-state index in [-0.39, 0.29) is 0 Å². The Morgan fingerprint density at radius 1 is 0.771 bits per heavy atom. The fraction of sp³-hybridized carbons (Fsp3) is 0.321. The fourth-order valence-electron chi connectivity index (χ4n) is 3.95. The van der Waals surface area contributed by atoms with Crippen molar-refractivity contribution in [2.75, 3.05) is 51.1 Å². The summed E-state index contributed by atoms with van der Waals surface area (Å²) in [5.41, 5.74) is 4.43. The Bertz CT molecular complexity index is 1080. The molecule has 0 amide bonds. The minimum absolute atomic E-state index is 0.887. The van der Waals surface area contributed by atoms with Crippen molar-refractivity contribution in [3.63, 3.8) is 0 Å². The van der Waals surface area contributed by atoms with Crippen LogP contribution < -0.4 is 14.5 Å². The number of benzene rings is 2. The largest absolute Gasteiger partial charge is 0.378 e. The molecule has 0 saturated carbocycles. The van der Waals surface area contributed by atoms with Gasteiger partial charge in [-0.3, -0.25) is 0 Å². The van der Waals surface area contributed by atoms with Crippen LogP contribution in [0.15, 0.2) is 77.3 Å². The first-order valence-corrected chi connectivity index (χ1v) is 12.2. The number of likely N-dealkylation sites (tertiary alicyclic amines) is 1. The van der Waals surface area contributed by atoms with Crippen molar-refractivity contribution in [3.8, 4) is 0 Å². The molecular formula is C28H36N7+. The Labute approximate surface area is 208 Å². The monoisotopic (exact) mass is 470 g/mol. The second kappa shape index (κ2) is 11.5. The summed E-state index contributed by atoms with van der Waals surface area (Å²) in [7, 11) is 8.17. The van der Waals surface area contributed by atoms with Gasteiger partial charge in [0.1, 0.15) is 0 Å². The zero-order valence-electron chi connectivity index (χ0n) is 21.2. The van der Waals surface area contributed by atoms with Crippen LogP contribution >= 0.6 is 0 Å². The molecule has 0 spiro atoms. The maximum absolute atomic E-state index is 4.73. The molecule has 0 radical (unpaired) electrons. The average Bonchev–Trinajstić information content (AvgIpc) is 3.27. The van der Waals surface area contributed by atoms with E-state index < -0.39 is 0 Å². The standard InChI is InChI=1S/C28H36N7/c1-31(2)26-12-8-24(9-13-26)22-29-34-20-21-35(28(34)16-19-33-17-6-5-7-18-33)30-23-25-10-14-27(15-11-25)32(3)4/h8-16,19-23H,5-7,17-18H2,1-4H3/q+1. The number of aromatic nitrogens is 2. The molecule has 2 heterocycles. The summed E-state index contributed by atoms with van der Waals surface area (Å²) in [6.07, 6.45) is 15.7. The van der Waals surface area contributed by atoms with Crippen LogP contribution in [0.4, 0.5) is 11.4 Å². The molecule has 1 aromatic heterocycles. The summed E-state index contributed by atoms with van der Waals surface area (Å²) < 4.78 is 3.74. The van der Waals surface area contributed by atoms with Gasteiger partial charge in [0.15, 0.2) is 12.4 Å². The summed E-state index contributed by atoms with van der Waals surface area (Å²) in [6, 6.07) is 16.7. The van der Waals surface area contributed by atoms with E-state index in [1.807, 2.05) is 62.4 Å². The smallest absolute Gasteiger partial charge is 0.334 e. The van der Waals surface area contributed by atoms with Crippen molar-refractivity contribution in [1.82, 2.24) is 9.58 Å². The maximum Gasteiger partial charge on any atom is 0.334 e. The van der Waals surface area contributed by atoms with E-state index in [4.69, 9.17) is 10.2 Å². The van der Waals surface area contributed by atoms with Crippen LogP contribution in [-0.4, -0.2) is 63.3 Å². The number of anilines is 2. The lowest BCUT2D eigenvalue weighted by molar-refractivity contribution is -0.679. The molecule has 1 saturated heterocycles. The van der Waals surface area contributed by atoms with E-state index >= 15 is 0 Å². The lowest BCUT2D eigenvalue weighted by Crippen LogP contribution is -2.30. The molecule has 1 aliphatic heterocycles. The first-order chi connectivity index (χ1) is 17.0. The molecule has 1 fully saturated rings. The number of piperidine rings is 1. The van der Waals surface area contributed by atoms with Crippen LogP contribution in [0.25, 0.3) is 6.08 Å². The van der Waals surface area contributed by atoms with Crippen LogP contribution in [0, 0.1) is 0 Å². The second-order valence-corrected chi connectivity index (χ2v) is 9.22. The minimum Gasteiger partial charge on any atom is -0.378 e. The molecule has 182 valence electrons. The van der Waals surface area contributed by atoms with Crippen LogP contribution in [0.5, 0.6) is 0 Å². The Morgan fingerprint density at radius 3 is 1.91 bits per heavy atom. The van der Waals surface area contributed by atoms with Gasteiger partial charge in [0.05, 0.1) is 12.4 Å². The van der Waals surface area contributed by atoms with Gasteiger partial charge in [0.25, 0.3) is 0 Å². The molecule has 2 aromatic carbocycles. The highest BCUT2D eigenvalue weighted by Gasteiger charge is 2.15. The number of hydrogen-bond acceptors (Lipinski definition) is 5. The van der Waals surface area contributed by atoms with Crippen LogP contribution in [0.1, 0.15) is 36.2 Å². The lowest BCUT2D eigenvalue weighted by Gasteiger charge is -2.24. The molecular weight excluding hydrogens is 434 g/mol. The highest BCUT2D eigenvalue weighted by molar-refractivity contribution is 5.80. The summed E-state index contributed by atoms with van der Waals surface area (Å²) >= 11 is 0. The van der Waals surface area contributed by atoms with Crippen molar-refractivity contribution < 1.29 is 4.68 Å². The molecule has 0 N–H and O–H groups in total. The number of rotatable bonds is 8. The number of nitrogens with zero attached hydrogens (tertiary/aromatic N) is 7. The van der Waals surface area contributed by atoms with Gasteiger partial charge in [-0.15, -0.1) is 0 Å². The summed E-state index contributed by atoms with van der Waals surface area (Å²) in [6.45, 7) is 2.19. The van der Waals surface area contributed by atoms with Gasteiger partial charge in [0, 0.05) is 64.9 Å². The van der Waals surface area contributed by atoms with Crippen LogP contribution in [-0.2, 0) is 0 Å². The van der Waals surface area contributed by atoms with Crippen molar-refractivity contribution in [1.29, 1.82) is 0 Å². The van der Waals surface area contributed by atoms with Crippen molar-refractivity contribution in [2.24, 2.45) is 10.2 Å². The van der Waals surface area contributed by atoms with Crippen molar-refractivity contribution in [2.45, 2.75) is 19.3 Å². The normalized spacial score (nSPS) is 14.5. The maximum atomic E-state index is 4.73. The van der Waals surface area contributed by atoms with Gasteiger partial charge >= 0.3 is 5.82 Å². The SMILES string of the molecule is CN(C)c1ccc(C=Nn2cc[n+](N=Cc3ccc(N(C)C)cc3)c2C=CN2CCCCC2)cc1.